The minimum Gasteiger partial charge on any atom is -0.355 e. The molecule has 3 unspecified atom stereocenters. The van der Waals surface area contributed by atoms with E-state index in [2.05, 4.69) is 164 Å². The summed E-state index contributed by atoms with van der Waals surface area (Å²) >= 11 is 12.7. The minimum atomic E-state index is 0. The predicted octanol–water partition coefficient (Wildman–Crippen LogP) is 17.0. The van der Waals surface area contributed by atoms with Crippen molar-refractivity contribution in [2.45, 2.75) is 108 Å². The zero-order chi connectivity index (χ0) is 73.6. The lowest BCUT2D eigenvalue weighted by molar-refractivity contribution is -0.120. The van der Waals surface area contributed by atoms with Gasteiger partial charge in [0.05, 0.1) is 63.9 Å². The molecule has 11 aromatic rings. The number of aromatic nitrogens is 5. The summed E-state index contributed by atoms with van der Waals surface area (Å²) in [6.07, 6.45) is 14.2. The average molecular weight is 1590 g/mol. The first-order valence-electron chi connectivity index (χ1n) is 37.4. The molecular weight excluding hydrogens is 1490 g/mol. The van der Waals surface area contributed by atoms with E-state index >= 15 is 0 Å². The van der Waals surface area contributed by atoms with Gasteiger partial charge in [-0.3, -0.25) is 38.9 Å². The van der Waals surface area contributed by atoms with Crippen LogP contribution >= 0.6 is 92.4 Å². The van der Waals surface area contributed by atoms with Crippen LogP contribution in [0, 0.1) is 17.8 Å². The number of thiazole rings is 4. The van der Waals surface area contributed by atoms with Crippen LogP contribution in [0.25, 0.3) is 40.9 Å². The zero-order valence-electron chi connectivity index (χ0n) is 60.9. The van der Waals surface area contributed by atoms with Crippen LogP contribution in [0.15, 0.2) is 200 Å². The molecule has 4 fully saturated rings. The number of carbonyl (C=O) groups is 4. The van der Waals surface area contributed by atoms with Gasteiger partial charge in [0.2, 0.25) is 23.6 Å². The normalized spacial score (nSPS) is 17.4. The van der Waals surface area contributed by atoms with Gasteiger partial charge >= 0.3 is 0 Å². The van der Waals surface area contributed by atoms with Crippen LogP contribution in [0.5, 0.6) is 0 Å². The summed E-state index contributed by atoms with van der Waals surface area (Å²) in [4.78, 5) is 81.4. The molecule has 0 spiro atoms. The molecule has 4 amide bonds. The number of nitrogens with zero attached hydrogens (tertiary/aromatic N) is 9. The highest BCUT2D eigenvalue weighted by Crippen LogP contribution is 2.33. The van der Waals surface area contributed by atoms with Crippen LogP contribution in [0.4, 0.5) is 0 Å². The fourth-order valence-electron chi connectivity index (χ4n) is 13.8. The van der Waals surface area contributed by atoms with Crippen molar-refractivity contribution in [1.82, 2.24) is 65.8 Å². The van der Waals surface area contributed by atoms with Gasteiger partial charge < -0.3 is 26.2 Å². The van der Waals surface area contributed by atoms with Gasteiger partial charge in [-0.05, 0) is 173 Å². The Morgan fingerprint density at radius 3 is 1.13 bits per heavy atom. The summed E-state index contributed by atoms with van der Waals surface area (Å²) in [7, 11) is 0. The number of hydrogen-bond donors (Lipinski definition) is 4. The molecule has 15 rings (SSSR count). The van der Waals surface area contributed by atoms with Crippen LogP contribution in [-0.2, 0) is 38.8 Å². The number of nitrogens with one attached hydrogen (secondary N) is 4. The Hall–Kier alpha value is -6.85. The molecule has 107 heavy (non-hydrogen) atoms. The Labute approximate surface area is 668 Å². The van der Waals surface area contributed by atoms with Crippen LogP contribution in [-0.4, -0.2) is 176 Å². The van der Waals surface area contributed by atoms with E-state index in [1.165, 1.54) is 141 Å². The highest BCUT2D eigenvalue weighted by molar-refractivity contribution is 8.02. The van der Waals surface area contributed by atoms with E-state index in [1.54, 1.807) is 45.3 Å². The maximum Gasteiger partial charge on any atom is 0.230 e. The van der Waals surface area contributed by atoms with Gasteiger partial charge in [-0.1, -0.05) is 169 Å². The van der Waals surface area contributed by atoms with Crippen molar-refractivity contribution >= 4 is 157 Å². The molecule has 0 saturated carbocycles. The number of amides is 4. The smallest absolute Gasteiger partial charge is 0.230 e. The van der Waals surface area contributed by atoms with Crippen LogP contribution in [0.2, 0.25) is 0 Å². The van der Waals surface area contributed by atoms with Gasteiger partial charge in [-0.25, -0.2) is 19.9 Å². The number of rotatable bonds is 27. The third-order valence-electron chi connectivity index (χ3n) is 19.1. The van der Waals surface area contributed by atoms with E-state index in [4.69, 9.17) is 0 Å². The van der Waals surface area contributed by atoms with E-state index < -0.39 is 0 Å². The van der Waals surface area contributed by atoms with Crippen LogP contribution < -0.4 is 21.3 Å². The Morgan fingerprint density at radius 1 is 0.402 bits per heavy atom. The molecule has 4 N–H and O–H groups in total. The number of benzene rings is 6. The molecule has 570 valence electrons. The van der Waals surface area contributed by atoms with Gasteiger partial charge in [0, 0.05) is 96.1 Å². The molecule has 6 aromatic carbocycles. The number of hydrogen-bond acceptors (Lipinski definition) is 21. The molecule has 3 atom stereocenters. The predicted molar refractivity (Wildman–Crippen MR) is 458 cm³/mol. The van der Waals surface area contributed by atoms with Gasteiger partial charge in [0.15, 0.2) is 17.4 Å². The Bertz CT molecular complexity index is 4260. The first-order valence-corrected chi connectivity index (χ1v) is 44.6. The topological polar surface area (TPSA) is 194 Å². The monoisotopic (exact) mass is 1590 g/mol. The maximum atomic E-state index is 12.3. The van der Waals surface area contributed by atoms with E-state index in [1.807, 2.05) is 91.3 Å². The Kier molecular flexibility index (Phi) is 32.0. The van der Waals surface area contributed by atoms with Crippen LogP contribution in [0.3, 0.4) is 0 Å². The first-order chi connectivity index (χ1) is 52.5. The Morgan fingerprint density at radius 2 is 0.748 bits per heavy atom. The van der Waals surface area contributed by atoms with Crippen molar-refractivity contribution < 1.29 is 24.9 Å². The summed E-state index contributed by atoms with van der Waals surface area (Å²) in [5, 5.41) is 12.6. The average Bonchev–Trinajstić information content (AvgIpc) is 1.61. The third-order valence-corrected chi connectivity index (χ3v) is 27.8. The fraction of sp³-hybridized carbons (Fsp3) is 0.402. The molecule has 0 bridgehead atoms. The lowest BCUT2D eigenvalue weighted by Crippen LogP contribution is -2.44. The summed E-state index contributed by atoms with van der Waals surface area (Å²) < 4.78 is 8.54. The van der Waals surface area contributed by atoms with Crippen molar-refractivity contribution in [3.8, 4) is 0 Å². The van der Waals surface area contributed by atoms with Gasteiger partial charge in [-0.2, -0.15) is 0 Å². The highest BCUT2D eigenvalue weighted by atomic mass is 32.2. The molecule has 4 saturated heterocycles. The molecule has 0 aliphatic carbocycles. The number of carbonyl (C=O) groups excluding carboxylic acids is 4. The van der Waals surface area contributed by atoms with E-state index in [9.17, 15) is 19.2 Å². The highest BCUT2D eigenvalue weighted by Gasteiger charge is 2.25. The van der Waals surface area contributed by atoms with E-state index in [-0.39, 0.29) is 29.3 Å². The van der Waals surface area contributed by atoms with Gasteiger partial charge in [0.25, 0.3) is 0 Å². The summed E-state index contributed by atoms with van der Waals surface area (Å²) in [5.41, 5.74) is 8.01. The fourth-order valence-corrected chi connectivity index (χ4v) is 21.4. The Balaban J connectivity index is 0.000000184. The van der Waals surface area contributed by atoms with Gasteiger partial charge in [0.1, 0.15) is 0 Å². The van der Waals surface area contributed by atoms with Crippen molar-refractivity contribution in [2.75, 3.05) is 102 Å². The van der Waals surface area contributed by atoms with Crippen molar-refractivity contribution in [2.24, 2.45) is 17.8 Å². The molecule has 5 aromatic heterocycles. The van der Waals surface area contributed by atoms with Gasteiger partial charge in [-0.15, -0.1) is 45.3 Å². The van der Waals surface area contributed by atoms with E-state index in [0.29, 0.717) is 46.8 Å². The maximum absolute atomic E-state index is 12.3. The molecule has 0 radical (unpaired) electrons. The molecule has 4 aliphatic rings. The third kappa shape index (κ3) is 26.7. The number of fused-ring (bicyclic) bond motifs is 4. The van der Waals surface area contributed by atoms with Crippen molar-refractivity contribution in [3.05, 3.63) is 199 Å². The molecule has 25 heteroatoms. The molecule has 9 heterocycles. The second kappa shape index (κ2) is 42.9. The second-order valence-electron chi connectivity index (χ2n) is 27.6. The SMILES string of the molecule is CCCN1CCCC(CNC(=O)CSc2nc3ccccc3s2)C1.O=C(CSc1nc2ccccc2s1)NC1CCN(Cc2ccccc2)CC1.O=C(CSc1nc2ccccc2s1)NCC1CCCN(Cc2ccccc2)C1.O=C(CSc1nc2ccccc2s1)NCC1CCCN(Cc2cccnc2)C1.[HH].[HH].[HH].[HH]. The number of pyridine rings is 1. The minimum absolute atomic E-state index is 0. The number of likely N-dealkylation sites (tertiary alicyclic amines) is 4. The number of piperidine rings is 4. The quantitative estimate of drug-likeness (QED) is 0.0355. The first kappa shape index (κ1) is 79.7. The molecular formula is C82H105N13O4S8. The van der Waals surface area contributed by atoms with Crippen molar-refractivity contribution in [3.63, 3.8) is 0 Å². The molecule has 17 nitrogen and oxygen atoms in total. The zero-order valence-corrected chi connectivity index (χ0v) is 67.4. The van der Waals surface area contributed by atoms with Crippen molar-refractivity contribution in [1.29, 1.82) is 0 Å². The summed E-state index contributed by atoms with van der Waals surface area (Å²) in [6, 6.07) is 58.0. The molecule has 4 aliphatic heterocycles. The van der Waals surface area contributed by atoms with E-state index in [0.717, 1.165) is 137 Å². The largest absolute Gasteiger partial charge is 0.355 e. The number of para-hydroxylation sites is 4. The lowest BCUT2D eigenvalue weighted by Gasteiger charge is -2.32. The van der Waals surface area contributed by atoms with Crippen LogP contribution in [0.1, 0.15) is 87.1 Å². The second-order valence-corrected chi connectivity index (χ2v) is 36.6. The lowest BCUT2D eigenvalue weighted by atomic mass is 9.97. The summed E-state index contributed by atoms with van der Waals surface area (Å²) in [5.74, 6) is 3.81. The standard InChI is InChI=1S/C22H25N3OS2.C21H24N4OS2.C21H23N3OS2.C18H25N3OS2.4H2/c26-21(16-27-22-24-19-10-4-5-11-20(19)28-22)23-13-18-9-6-12-25(15-18)14-17-7-2-1-3-8-17;26-20(15-27-21-24-18-7-1-2-8-19(18)28-21)23-12-17-6-4-10-25(14-17)13-16-5-3-9-22-11-16;25-20(15-26-21-23-18-8-4-5-9-19(18)27-21)22-17-10-12-24(13-11-17)14-16-6-2-1-3-7-16;1-2-9-21-10-5-6-14(12-21)11-19-17(22)13-23-18-20-15-7-3-4-8-16(15)24-18;;;;/h1-5,7-8,10-11,18H,6,9,12-16H2,(H,23,26);1-3,5,7-9,11,17H,4,6,10,12-15H2,(H,23,26);1-9,17H,10-15H2,(H,22,25);3-4,7-8,14H,2,5-6,9-13H2,1H3,(H,19,22);4*1H. The number of thioether (sulfide) groups is 4. The summed E-state index contributed by atoms with van der Waals surface area (Å²) in [6.45, 7) is 17.4.